The molecule has 1 aliphatic rings. The topological polar surface area (TPSA) is 108 Å². The van der Waals surface area contributed by atoms with E-state index in [0.717, 1.165) is 0 Å². The molecule has 2 heterocycles. The normalized spacial score (nSPS) is 35.5. The zero-order valence-corrected chi connectivity index (χ0v) is 10.9. The lowest BCUT2D eigenvalue weighted by atomic mass is 10.1. The Morgan fingerprint density at radius 3 is 2.70 bits per heavy atom. The molecule has 0 amide bonds. The summed E-state index contributed by atoms with van der Waals surface area (Å²) in [6.45, 7) is 0. The first-order valence-electron chi connectivity index (χ1n) is 5.96. The van der Waals surface area contributed by atoms with Gasteiger partial charge in [-0.2, -0.15) is 0 Å². The molecule has 1 aromatic heterocycles. The van der Waals surface area contributed by atoms with Crippen molar-refractivity contribution in [2.45, 2.75) is 29.8 Å². The van der Waals surface area contributed by atoms with Gasteiger partial charge in [-0.15, -0.1) is 0 Å². The third-order valence-corrected chi connectivity index (χ3v) is 3.67. The number of ether oxygens (including phenoxy) is 1. The van der Waals surface area contributed by atoms with Crippen LogP contribution in [0.1, 0.15) is 0 Å². The van der Waals surface area contributed by atoms with Crippen molar-refractivity contribution in [3.8, 4) is 0 Å². The summed E-state index contributed by atoms with van der Waals surface area (Å²) in [5.41, 5.74) is -0.476. The van der Waals surface area contributed by atoms with Gasteiger partial charge >= 0.3 is 0 Å². The van der Waals surface area contributed by atoms with Crippen molar-refractivity contribution >= 4 is 22.6 Å². The lowest BCUT2D eigenvalue weighted by Crippen LogP contribution is -2.45. The number of aromatic nitrogens is 2. The van der Waals surface area contributed by atoms with Crippen LogP contribution < -0.4 is 0 Å². The molecule has 4 N–H and O–H groups in total. The molecule has 20 heavy (non-hydrogen) atoms. The van der Waals surface area contributed by atoms with Crippen LogP contribution in [0.25, 0.3) is 11.0 Å². The van der Waals surface area contributed by atoms with Crippen LogP contribution in [0.4, 0.5) is 0 Å². The molecule has 3 rings (SSSR count). The number of rotatable bonds is 2. The van der Waals surface area contributed by atoms with Crippen LogP contribution in [0.2, 0.25) is 0 Å². The number of benzene rings is 1. The first-order valence-corrected chi connectivity index (χ1v) is 6.40. The average Bonchev–Trinajstić information content (AvgIpc) is 2.95. The number of para-hydroxylation sites is 2. The minimum Gasteiger partial charge on any atom is -0.387 e. The molecular formula is C12H13ClN2O5. The number of nitrogens with zero attached hydrogens (tertiary/aromatic N) is 2. The van der Waals surface area contributed by atoms with Crippen molar-refractivity contribution in [2.24, 2.45) is 0 Å². The van der Waals surface area contributed by atoms with Gasteiger partial charge < -0.3 is 25.2 Å². The molecule has 8 heteroatoms. The Kier molecular flexibility index (Phi) is 3.20. The van der Waals surface area contributed by atoms with Gasteiger partial charge in [0.2, 0.25) is 0 Å². The van der Waals surface area contributed by atoms with Crippen molar-refractivity contribution < 1.29 is 25.2 Å². The Balaban J connectivity index is 2.08. The largest absolute Gasteiger partial charge is 0.387 e. The Hall–Kier alpha value is -1.22. The molecule has 1 unspecified atom stereocenters. The van der Waals surface area contributed by atoms with E-state index in [1.54, 1.807) is 24.3 Å². The van der Waals surface area contributed by atoms with E-state index >= 15 is 0 Å². The molecule has 0 spiro atoms. The highest BCUT2D eigenvalue weighted by Crippen LogP contribution is 2.37. The van der Waals surface area contributed by atoms with Crippen LogP contribution in [0.5, 0.6) is 0 Å². The summed E-state index contributed by atoms with van der Waals surface area (Å²) in [7, 11) is 0. The van der Waals surface area contributed by atoms with Crippen LogP contribution in [0, 0.1) is 0 Å². The first-order chi connectivity index (χ1) is 9.45. The molecule has 0 saturated carbocycles. The number of imidazole rings is 1. The van der Waals surface area contributed by atoms with Crippen molar-refractivity contribution in [3.05, 3.63) is 30.6 Å². The molecule has 0 bridgehead atoms. The Bertz CT molecular complexity index is 633. The molecule has 1 fully saturated rings. The molecule has 0 aliphatic carbocycles. The summed E-state index contributed by atoms with van der Waals surface area (Å²) in [6, 6.07) is 6.90. The maximum Gasteiger partial charge on any atom is 0.285 e. The molecule has 7 nitrogen and oxygen atoms in total. The second kappa shape index (κ2) is 4.66. The third kappa shape index (κ3) is 1.83. The summed E-state index contributed by atoms with van der Waals surface area (Å²) in [6.07, 6.45) is -3.26. The molecule has 1 saturated heterocycles. The highest BCUT2D eigenvalue weighted by atomic mass is 35.5. The molecule has 2 aromatic rings. The van der Waals surface area contributed by atoms with E-state index in [4.69, 9.17) is 16.3 Å². The summed E-state index contributed by atoms with van der Waals surface area (Å²) in [5.74, 6) is -2.25. The summed E-state index contributed by atoms with van der Waals surface area (Å²) < 4.78 is 6.37. The van der Waals surface area contributed by atoms with Crippen molar-refractivity contribution in [1.29, 1.82) is 0 Å². The monoisotopic (exact) mass is 300 g/mol. The molecular weight excluding hydrogens is 288 g/mol. The van der Waals surface area contributed by atoms with Gasteiger partial charge in [-0.25, -0.2) is 4.98 Å². The van der Waals surface area contributed by atoms with Crippen molar-refractivity contribution in [3.63, 3.8) is 0 Å². The average molecular weight is 301 g/mol. The van der Waals surface area contributed by atoms with E-state index in [9.17, 15) is 20.4 Å². The number of alkyl halides is 1. The predicted molar refractivity (Wildman–Crippen MR) is 68.7 cm³/mol. The Morgan fingerprint density at radius 2 is 2.05 bits per heavy atom. The highest BCUT2D eigenvalue weighted by molar-refractivity contribution is 6.19. The van der Waals surface area contributed by atoms with Gasteiger partial charge in [-0.05, 0) is 12.1 Å². The van der Waals surface area contributed by atoms with E-state index in [1.165, 1.54) is 10.9 Å². The van der Waals surface area contributed by atoms with Crippen molar-refractivity contribution in [1.82, 2.24) is 9.55 Å². The predicted octanol–water partition coefficient (Wildman–Crippen LogP) is -0.683. The van der Waals surface area contributed by atoms with Crippen LogP contribution in [-0.2, 0) is 10.6 Å². The van der Waals surface area contributed by atoms with Gasteiger partial charge in [-0.1, -0.05) is 23.7 Å². The van der Waals surface area contributed by atoms with Gasteiger partial charge in [0.25, 0.3) is 5.91 Å². The third-order valence-electron chi connectivity index (χ3n) is 3.42. The molecule has 1 aliphatic heterocycles. The summed E-state index contributed by atoms with van der Waals surface area (Å²) in [4.78, 5) is 4.07. The fourth-order valence-electron chi connectivity index (χ4n) is 2.37. The highest BCUT2D eigenvalue weighted by Gasteiger charge is 2.57. The van der Waals surface area contributed by atoms with E-state index in [0.29, 0.717) is 11.0 Å². The molecule has 1 aromatic carbocycles. The molecule has 108 valence electrons. The lowest BCUT2D eigenvalue weighted by Gasteiger charge is -2.27. The van der Waals surface area contributed by atoms with Crippen LogP contribution in [0.3, 0.4) is 0 Å². The summed E-state index contributed by atoms with van der Waals surface area (Å²) >= 11 is 5.47. The summed E-state index contributed by atoms with van der Waals surface area (Å²) in [5, 5.41) is 39.7. The van der Waals surface area contributed by atoms with Gasteiger partial charge in [0.15, 0.2) is 11.7 Å². The number of aliphatic hydroxyl groups excluding tert-OH is 3. The fourth-order valence-corrected chi connectivity index (χ4v) is 2.57. The number of fused-ring (bicyclic) bond motifs is 1. The Labute approximate surface area is 118 Å². The van der Waals surface area contributed by atoms with Crippen LogP contribution in [0.15, 0.2) is 30.6 Å². The quantitative estimate of drug-likeness (QED) is 0.547. The fraction of sp³-hybridized carbons (Fsp3) is 0.417. The van der Waals surface area contributed by atoms with Crippen molar-refractivity contribution in [2.75, 3.05) is 0 Å². The standard InChI is InChI=1S/C12H13ClN2O5/c13-11(18)9-8(16)10(17)12(19,20-9)15-5-14-6-3-1-2-4-7(6)15/h1-5,8-11,16-19H/t8-,9+,10-,11?,12+/m1/s1. The van der Waals surface area contributed by atoms with E-state index in [2.05, 4.69) is 4.98 Å². The maximum absolute atomic E-state index is 10.5. The Morgan fingerprint density at radius 1 is 1.35 bits per heavy atom. The second-order valence-electron chi connectivity index (χ2n) is 4.65. The van der Waals surface area contributed by atoms with E-state index in [-0.39, 0.29) is 0 Å². The zero-order chi connectivity index (χ0) is 14.5. The number of hydrogen-bond donors (Lipinski definition) is 4. The zero-order valence-electron chi connectivity index (χ0n) is 10.2. The number of aliphatic hydroxyl groups is 4. The van der Waals surface area contributed by atoms with E-state index < -0.39 is 29.8 Å². The minimum atomic E-state index is -2.25. The van der Waals surface area contributed by atoms with Gasteiger partial charge in [-0.3, -0.25) is 4.57 Å². The minimum absolute atomic E-state index is 0.506. The molecule has 0 radical (unpaired) electrons. The lowest BCUT2D eigenvalue weighted by molar-refractivity contribution is -0.288. The van der Waals surface area contributed by atoms with Crippen LogP contribution in [-0.4, -0.2) is 53.9 Å². The van der Waals surface area contributed by atoms with Gasteiger partial charge in [0.05, 0.1) is 11.0 Å². The molecule has 5 atom stereocenters. The van der Waals surface area contributed by atoms with Crippen LogP contribution >= 0.6 is 11.6 Å². The number of halogens is 1. The SMILES string of the molecule is OC(Cl)[C@H]1O[C@](O)(n2cnc3ccccc32)[C@H](O)[C@@H]1O. The van der Waals surface area contributed by atoms with E-state index in [1.807, 2.05) is 0 Å². The number of hydrogen-bond acceptors (Lipinski definition) is 6. The second-order valence-corrected chi connectivity index (χ2v) is 5.10. The first kappa shape index (κ1) is 13.7. The van der Waals surface area contributed by atoms with Gasteiger partial charge in [0.1, 0.15) is 18.5 Å². The van der Waals surface area contributed by atoms with Gasteiger partial charge in [0, 0.05) is 0 Å². The smallest absolute Gasteiger partial charge is 0.285 e. The maximum atomic E-state index is 10.5.